The molecule has 1 saturated heterocycles. The first-order valence-corrected chi connectivity index (χ1v) is 8.49. The largest absolute Gasteiger partial charge is 0.366 e. The Morgan fingerprint density at radius 1 is 1.32 bits per heavy atom. The molecule has 2 nitrogen and oxygen atoms in total. The molecule has 0 bridgehead atoms. The first kappa shape index (κ1) is 17.2. The summed E-state index contributed by atoms with van der Waals surface area (Å²) in [6.07, 6.45) is 10.1. The number of ketones is 1. The Morgan fingerprint density at radius 2 is 2.05 bits per heavy atom. The summed E-state index contributed by atoms with van der Waals surface area (Å²) in [6, 6.07) is 0. The van der Waals surface area contributed by atoms with Crippen molar-refractivity contribution in [1.29, 1.82) is 0 Å². The molecule has 0 radical (unpaired) electrons. The second kappa shape index (κ2) is 6.95. The highest BCUT2D eigenvalue weighted by Gasteiger charge is 2.53. The maximum atomic E-state index is 12.2. The molecule has 1 fully saturated rings. The molecule has 3 atom stereocenters. The van der Waals surface area contributed by atoms with Gasteiger partial charge in [-0.15, -0.1) is 0 Å². The number of hydrogen-bond acceptors (Lipinski definition) is 2. The molecule has 0 aromatic rings. The lowest BCUT2D eigenvalue weighted by molar-refractivity contribution is -0.115. The average Bonchev–Trinajstić information content (AvgIpc) is 3.02. The second-order valence-corrected chi connectivity index (χ2v) is 7.46. The minimum absolute atomic E-state index is 0.201. The van der Waals surface area contributed by atoms with Gasteiger partial charge in [0.1, 0.15) is 0 Å². The Kier molecular flexibility index (Phi) is 5.44. The van der Waals surface area contributed by atoms with Crippen LogP contribution in [0.1, 0.15) is 66.2 Å². The Balaban J connectivity index is 2.13. The minimum Gasteiger partial charge on any atom is -0.366 e. The van der Waals surface area contributed by atoms with Gasteiger partial charge in [0.2, 0.25) is 0 Å². The van der Waals surface area contributed by atoms with Crippen molar-refractivity contribution in [1.82, 2.24) is 0 Å². The minimum atomic E-state index is -0.253. The van der Waals surface area contributed by atoms with Crippen molar-refractivity contribution in [3.63, 3.8) is 0 Å². The zero-order valence-electron chi connectivity index (χ0n) is 14.6. The first-order chi connectivity index (χ1) is 10.3. The van der Waals surface area contributed by atoms with Crippen molar-refractivity contribution >= 4 is 5.78 Å². The van der Waals surface area contributed by atoms with E-state index in [1.54, 1.807) is 0 Å². The van der Waals surface area contributed by atoms with Gasteiger partial charge in [-0.1, -0.05) is 29.4 Å². The molecule has 122 valence electrons. The van der Waals surface area contributed by atoms with Crippen molar-refractivity contribution in [2.45, 2.75) is 77.9 Å². The topological polar surface area (TPSA) is 29.6 Å². The van der Waals surface area contributed by atoms with E-state index in [9.17, 15) is 4.79 Å². The zero-order valence-corrected chi connectivity index (χ0v) is 14.6. The SMILES string of the molecule is C=C(C)[C@@H]1CC/C(C)=C/CC/C(C)=C/C(=O)C[C@@]2(C)O[C@H]2C1. The van der Waals surface area contributed by atoms with E-state index in [1.165, 1.54) is 16.7 Å². The van der Waals surface area contributed by atoms with E-state index in [-0.39, 0.29) is 17.5 Å². The molecule has 1 aliphatic carbocycles. The summed E-state index contributed by atoms with van der Waals surface area (Å²) in [6.45, 7) is 12.6. The summed E-state index contributed by atoms with van der Waals surface area (Å²) in [4.78, 5) is 12.2. The van der Waals surface area contributed by atoms with Gasteiger partial charge in [0.05, 0.1) is 11.7 Å². The Labute approximate surface area is 135 Å². The fourth-order valence-corrected chi connectivity index (χ4v) is 3.36. The molecule has 0 aromatic heterocycles. The van der Waals surface area contributed by atoms with Crippen molar-refractivity contribution in [2.24, 2.45) is 5.92 Å². The van der Waals surface area contributed by atoms with Crippen LogP contribution in [0.5, 0.6) is 0 Å². The zero-order chi connectivity index (χ0) is 16.3. The van der Waals surface area contributed by atoms with Crippen LogP contribution in [-0.2, 0) is 9.53 Å². The lowest BCUT2D eigenvalue weighted by Gasteiger charge is -2.17. The van der Waals surface area contributed by atoms with Crippen LogP contribution in [0.25, 0.3) is 0 Å². The average molecular weight is 302 g/mol. The van der Waals surface area contributed by atoms with Gasteiger partial charge < -0.3 is 4.74 Å². The van der Waals surface area contributed by atoms with Crippen LogP contribution in [0, 0.1) is 5.92 Å². The van der Waals surface area contributed by atoms with E-state index >= 15 is 0 Å². The fraction of sp³-hybridized carbons (Fsp3) is 0.650. The van der Waals surface area contributed by atoms with Gasteiger partial charge in [-0.25, -0.2) is 0 Å². The molecule has 1 aliphatic heterocycles. The van der Waals surface area contributed by atoms with Crippen molar-refractivity contribution in [3.8, 4) is 0 Å². The van der Waals surface area contributed by atoms with E-state index in [0.717, 1.165) is 32.1 Å². The van der Waals surface area contributed by atoms with Gasteiger partial charge in [-0.05, 0) is 71.8 Å². The predicted molar refractivity (Wildman–Crippen MR) is 91.8 cm³/mol. The third-order valence-corrected chi connectivity index (χ3v) is 5.08. The monoisotopic (exact) mass is 302 g/mol. The van der Waals surface area contributed by atoms with Crippen LogP contribution >= 0.6 is 0 Å². The number of carbonyl (C=O) groups excluding carboxylic acids is 1. The molecule has 1 heterocycles. The first-order valence-electron chi connectivity index (χ1n) is 8.49. The molecular weight excluding hydrogens is 272 g/mol. The molecule has 0 saturated carbocycles. The van der Waals surface area contributed by atoms with Gasteiger partial charge in [0.25, 0.3) is 0 Å². The van der Waals surface area contributed by atoms with Crippen LogP contribution < -0.4 is 0 Å². The van der Waals surface area contributed by atoms with Crippen LogP contribution in [0.4, 0.5) is 0 Å². The highest BCUT2D eigenvalue weighted by atomic mass is 16.6. The number of rotatable bonds is 1. The Morgan fingerprint density at radius 3 is 2.73 bits per heavy atom. The molecule has 0 aromatic carbocycles. The lowest BCUT2D eigenvalue weighted by atomic mass is 9.86. The molecular formula is C20H30O2. The summed E-state index contributed by atoms with van der Waals surface area (Å²) in [5.41, 5.74) is 3.60. The quantitative estimate of drug-likeness (QED) is 0.495. The molecule has 22 heavy (non-hydrogen) atoms. The molecule has 0 unspecified atom stereocenters. The van der Waals surface area contributed by atoms with Crippen molar-refractivity contribution in [3.05, 3.63) is 35.5 Å². The maximum Gasteiger partial charge on any atom is 0.158 e. The van der Waals surface area contributed by atoms with Crippen LogP contribution in [-0.4, -0.2) is 17.5 Å². The Bertz CT molecular complexity index is 512. The predicted octanol–water partition coefficient (Wildman–Crippen LogP) is 5.15. The van der Waals surface area contributed by atoms with Crippen LogP contribution in [0.2, 0.25) is 0 Å². The summed E-state index contributed by atoms with van der Waals surface area (Å²) < 4.78 is 5.89. The van der Waals surface area contributed by atoms with Gasteiger partial charge >= 0.3 is 0 Å². The summed E-state index contributed by atoms with van der Waals surface area (Å²) >= 11 is 0. The van der Waals surface area contributed by atoms with Crippen LogP contribution in [0.15, 0.2) is 35.5 Å². The molecule has 2 aliphatic rings. The molecule has 2 heteroatoms. The Hall–Kier alpha value is -1.15. The van der Waals surface area contributed by atoms with Crippen molar-refractivity contribution in [2.75, 3.05) is 0 Å². The number of ether oxygens (including phenoxy) is 1. The highest BCUT2D eigenvalue weighted by Crippen LogP contribution is 2.45. The summed E-state index contributed by atoms with van der Waals surface area (Å²) in [5, 5.41) is 0. The van der Waals surface area contributed by atoms with E-state index < -0.39 is 0 Å². The number of allylic oxidation sites excluding steroid dienone is 5. The fourth-order valence-electron chi connectivity index (χ4n) is 3.36. The van der Waals surface area contributed by atoms with E-state index in [4.69, 9.17) is 4.74 Å². The van der Waals surface area contributed by atoms with Crippen molar-refractivity contribution < 1.29 is 9.53 Å². The van der Waals surface area contributed by atoms with Crippen LogP contribution in [0.3, 0.4) is 0 Å². The third kappa shape index (κ3) is 4.67. The van der Waals surface area contributed by atoms with E-state index in [2.05, 4.69) is 40.3 Å². The second-order valence-electron chi connectivity index (χ2n) is 7.46. The van der Waals surface area contributed by atoms with Gasteiger partial charge in [0, 0.05) is 6.42 Å². The number of epoxide rings is 1. The molecule has 0 amide bonds. The lowest BCUT2D eigenvalue weighted by Crippen LogP contribution is -2.18. The molecule has 0 N–H and O–H groups in total. The van der Waals surface area contributed by atoms with E-state index in [1.807, 2.05) is 6.08 Å². The van der Waals surface area contributed by atoms with E-state index in [0.29, 0.717) is 12.3 Å². The number of fused-ring (bicyclic) bond motifs is 1. The maximum absolute atomic E-state index is 12.2. The normalized spacial score (nSPS) is 38.8. The van der Waals surface area contributed by atoms with Gasteiger partial charge in [-0.2, -0.15) is 0 Å². The standard InChI is InChI=1S/C20H30O2/c1-14(2)17-10-9-15(3)7-6-8-16(4)11-18(21)13-20(5)19(12-17)22-20/h7,11,17,19H,1,6,8-10,12-13H2,2-5H3/b15-7+,16-11+/t17-,19+,20-/m1/s1. The van der Waals surface area contributed by atoms with Gasteiger partial charge in [0.15, 0.2) is 5.78 Å². The number of carbonyl (C=O) groups is 1. The van der Waals surface area contributed by atoms with Gasteiger partial charge in [-0.3, -0.25) is 4.79 Å². The third-order valence-electron chi connectivity index (χ3n) is 5.08. The summed E-state index contributed by atoms with van der Waals surface area (Å²) in [7, 11) is 0. The smallest absolute Gasteiger partial charge is 0.158 e. The summed E-state index contributed by atoms with van der Waals surface area (Å²) in [5.74, 6) is 0.692. The molecule has 0 spiro atoms. The number of hydrogen-bond donors (Lipinski definition) is 0. The highest BCUT2D eigenvalue weighted by molar-refractivity contribution is 5.91. The molecule has 2 rings (SSSR count).